The van der Waals surface area contributed by atoms with Crippen LogP contribution in [0, 0.1) is 6.92 Å². The van der Waals surface area contributed by atoms with Gasteiger partial charge >= 0.3 is 0 Å². The van der Waals surface area contributed by atoms with E-state index >= 15 is 0 Å². The lowest BCUT2D eigenvalue weighted by Crippen LogP contribution is -2.44. The first kappa shape index (κ1) is 17.2. The van der Waals surface area contributed by atoms with E-state index in [-0.39, 0.29) is 12.4 Å². The minimum Gasteiger partial charge on any atom is -0.332 e. The summed E-state index contributed by atoms with van der Waals surface area (Å²) in [4.78, 5) is 4.59. The van der Waals surface area contributed by atoms with Gasteiger partial charge in [-0.15, -0.1) is 12.4 Å². The Hall–Kier alpha value is -2.18. The SMILES string of the molecule is Cc1ccc(-n2nc(-c3nc(C4(N)CCC4)no3)c3c2CCC3)cc1.Cl. The van der Waals surface area contributed by atoms with Crippen molar-refractivity contribution >= 4 is 12.4 Å². The van der Waals surface area contributed by atoms with Crippen LogP contribution in [0.1, 0.15) is 48.3 Å². The van der Waals surface area contributed by atoms with Crippen molar-refractivity contribution in [3.8, 4) is 17.3 Å². The third kappa shape index (κ3) is 2.56. The number of nitrogens with two attached hydrogens (primary N) is 1. The molecule has 0 aliphatic heterocycles. The molecule has 2 N–H and O–H groups in total. The lowest BCUT2D eigenvalue weighted by molar-refractivity contribution is 0.229. The fourth-order valence-corrected chi connectivity index (χ4v) is 3.81. The van der Waals surface area contributed by atoms with E-state index in [0.29, 0.717) is 11.7 Å². The average Bonchev–Trinajstić information content (AvgIpc) is 3.29. The van der Waals surface area contributed by atoms with Crippen LogP contribution in [0.3, 0.4) is 0 Å². The molecule has 0 bridgehead atoms. The fourth-order valence-electron chi connectivity index (χ4n) is 3.81. The van der Waals surface area contributed by atoms with E-state index < -0.39 is 5.54 Å². The molecule has 26 heavy (non-hydrogen) atoms. The van der Waals surface area contributed by atoms with Crippen LogP contribution < -0.4 is 5.73 Å². The molecule has 2 aliphatic rings. The van der Waals surface area contributed by atoms with Gasteiger partial charge in [-0.25, -0.2) is 4.68 Å². The van der Waals surface area contributed by atoms with E-state index in [1.165, 1.54) is 16.8 Å². The molecule has 0 radical (unpaired) electrons. The summed E-state index contributed by atoms with van der Waals surface area (Å²) in [5.41, 5.74) is 11.5. The summed E-state index contributed by atoms with van der Waals surface area (Å²) in [5, 5.41) is 8.97. The average molecular weight is 372 g/mol. The topological polar surface area (TPSA) is 82.8 Å². The summed E-state index contributed by atoms with van der Waals surface area (Å²) in [5.74, 6) is 1.11. The van der Waals surface area contributed by atoms with Crippen LogP contribution in [0.2, 0.25) is 0 Å². The van der Waals surface area contributed by atoms with E-state index in [2.05, 4.69) is 41.3 Å². The van der Waals surface area contributed by atoms with Gasteiger partial charge in [0.2, 0.25) is 0 Å². The van der Waals surface area contributed by atoms with Gasteiger partial charge in [0, 0.05) is 11.3 Å². The Morgan fingerprint density at radius 3 is 2.58 bits per heavy atom. The molecule has 136 valence electrons. The Morgan fingerprint density at radius 1 is 1.12 bits per heavy atom. The van der Waals surface area contributed by atoms with E-state index in [1.54, 1.807) is 0 Å². The highest BCUT2D eigenvalue weighted by atomic mass is 35.5. The second-order valence-electron chi connectivity index (χ2n) is 7.31. The first-order valence-corrected chi connectivity index (χ1v) is 8.95. The molecule has 7 heteroatoms. The number of halogens is 1. The molecule has 2 heterocycles. The van der Waals surface area contributed by atoms with Crippen molar-refractivity contribution in [1.29, 1.82) is 0 Å². The Bertz CT molecular complexity index is 939. The molecule has 1 saturated carbocycles. The largest absolute Gasteiger partial charge is 0.332 e. The molecule has 2 aliphatic carbocycles. The lowest BCUT2D eigenvalue weighted by Gasteiger charge is -2.34. The predicted octanol–water partition coefficient (Wildman–Crippen LogP) is 3.48. The minimum atomic E-state index is -0.412. The highest BCUT2D eigenvalue weighted by Crippen LogP contribution is 2.39. The molecule has 2 aromatic heterocycles. The maximum Gasteiger partial charge on any atom is 0.278 e. The maximum absolute atomic E-state index is 6.33. The summed E-state index contributed by atoms with van der Waals surface area (Å²) in [6.45, 7) is 2.09. The van der Waals surface area contributed by atoms with Gasteiger partial charge in [-0.3, -0.25) is 0 Å². The van der Waals surface area contributed by atoms with Crippen molar-refractivity contribution in [3.05, 3.63) is 46.9 Å². The van der Waals surface area contributed by atoms with Gasteiger partial charge in [-0.05, 0) is 57.6 Å². The zero-order valence-electron chi connectivity index (χ0n) is 14.7. The fraction of sp³-hybridized carbons (Fsp3) is 0.421. The van der Waals surface area contributed by atoms with Crippen molar-refractivity contribution in [2.45, 2.75) is 51.0 Å². The predicted molar refractivity (Wildman–Crippen MR) is 101 cm³/mol. The van der Waals surface area contributed by atoms with Crippen LogP contribution in [-0.4, -0.2) is 19.9 Å². The molecular weight excluding hydrogens is 350 g/mol. The van der Waals surface area contributed by atoms with Gasteiger partial charge in [-0.2, -0.15) is 10.1 Å². The number of hydrogen-bond acceptors (Lipinski definition) is 5. The summed E-state index contributed by atoms with van der Waals surface area (Å²) in [7, 11) is 0. The Labute approximate surface area is 158 Å². The smallest absolute Gasteiger partial charge is 0.278 e. The maximum atomic E-state index is 6.33. The third-order valence-electron chi connectivity index (χ3n) is 5.53. The summed E-state index contributed by atoms with van der Waals surface area (Å²) in [6.07, 6.45) is 6.12. The highest BCUT2D eigenvalue weighted by molar-refractivity contribution is 5.85. The van der Waals surface area contributed by atoms with Crippen molar-refractivity contribution in [2.75, 3.05) is 0 Å². The molecule has 0 unspecified atom stereocenters. The van der Waals surface area contributed by atoms with Crippen molar-refractivity contribution in [2.24, 2.45) is 5.73 Å². The van der Waals surface area contributed by atoms with E-state index in [9.17, 15) is 0 Å². The van der Waals surface area contributed by atoms with Crippen molar-refractivity contribution in [1.82, 2.24) is 19.9 Å². The first-order chi connectivity index (χ1) is 12.1. The van der Waals surface area contributed by atoms with Crippen LogP contribution in [0.5, 0.6) is 0 Å². The molecule has 5 rings (SSSR count). The van der Waals surface area contributed by atoms with Crippen molar-refractivity contribution in [3.63, 3.8) is 0 Å². The Kier molecular flexibility index (Phi) is 4.12. The normalized spacial score (nSPS) is 17.5. The highest BCUT2D eigenvalue weighted by Gasteiger charge is 2.39. The van der Waals surface area contributed by atoms with Crippen molar-refractivity contribution < 1.29 is 4.52 Å². The van der Waals surface area contributed by atoms with Crippen LogP contribution in [-0.2, 0) is 18.4 Å². The molecule has 0 spiro atoms. The second-order valence-corrected chi connectivity index (χ2v) is 7.31. The molecule has 0 amide bonds. The van der Waals surface area contributed by atoms with Gasteiger partial charge in [0.1, 0.15) is 0 Å². The lowest BCUT2D eigenvalue weighted by atomic mass is 9.77. The van der Waals surface area contributed by atoms with Gasteiger partial charge in [0.05, 0.1) is 11.2 Å². The van der Waals surface area contributed by atoms with Crippen LogP contribution in [0.4, 0.5) is 0 Å². The minimum absolute atomic E-state index is 0. The Balaban J connectivity index is 0.00000168. The number of aryl methyl sites for hydroxylation is 1. The molecule has 6 nitrogen and oxygen atoms in total. The molecule has 1 aromatic carbocycles. The monoisotopic (exact) mass is 371 g/mol. The summed E-state index contributed by atoms with van der Waals surface area (Å²) in [6, 6.07) is 8.43. The Morgan fingerprint density at radius 2 is 1.88 bits per heavy atom. The zero-order valence-corrected chi connectivity index (χ0v) is 15.6. The number of fused-ring (bicyclic) bond motifs is 1. The van der Waals surface area contributed by atoms with Crippen LogP contribution >= 0.6 is 12.4 Å². The van der Waals surface area contributed by atoms with Gasteiger partial charge in [0.15, 0.2) is 11.5 Å². The number of hydrogen-bond donors (Lipinski definition) is 1. The summed E-state index contributed by atoms with van der Waals surface area (Å²) < 4.78 is 7.58. The molecule has 0 saturated heterocycles. The molecule has 0 atom stereocenters. The molecule has 1 fully saturated rings. The molecular formula is C19H22ClN5O. The van der Waals surface area contributed by atoms with E-state index in [1.807, 2.05) is 4.68 Å². The van der Waals surface area contributed by atoms with E-state index in [4.69, 9.17) is 15.4 Å². The van der Waals surface area contributed by atoms with Gasteiger partial charge in [-0.1, -0.05) is 22.9 Å². The van der Waals surface area contributed by atoms with Crippen LogP contribution in [0.15, 0.2) is 28.8 Å². The standard InChI is InChI=1S/C19H21N5O.ClH/c1-12-6-8-13(9-7-12)24-15-5-2-4-14(15)16(22-24)17-21-18(23-25-17)19(20)10-3-11-19;/h6-9H,2-5,10-11,20H2,1H3;1H. The zero-order chi connectivity index (χ0) is 17.0. The number of aromatic nitrogens is 4. The van der Waals surface area contributed by atoms with Gasteiger partial charge in [0.25, 0.3) is 5.89 Å². The third-order valence-corrected chi connectivity index (χ3v) is 5.53. The number of benzene rings is 1. The van der Waals surface area contributed by atoms with E-state index in [0.717, 1.165) is 49.9 Å². The van der Waals surface area contributed by atoms with Crippen LogP contribution in [0.25, 0.3) is 17.3 Å². The quantitative estimate of drug-likeness (QED) is 0.762. The number of rotatable bonds is 3. The number of nitrogens with zero attached hydrogens (tertiary/aromatic N) is 4. The molecule has 3 aromatic rings. The van der Waals surface area contributed by atoms with Gasteiger partial charge < -0.3 is 10.3 Å². The second kappa shape index (κ2) is 6.21. The summed E-state index contributed by atoms with van der Waals surface area (Å²) >= 11 is 0. The first-order valence-electron chi connectivity index (χ1n) is 8.95.